The molecule has 0 N–H and O–H groups in total. The molecule has 0 aromatic heterocycles. The van der Waals surface area contributed by atoms with Crippen LogP contribution in [0.4, 0.5) is 0 Å². The number of nitrogens with zero attached hydrogens (tertiary/aromatic N) is 1. The lowest BCUT2D eigenvalue weighted by Gasteiger charge is -2.32. The molecule has 0 aromatic carbocycles. The first kappa shape index (κ1) is 12.6. The Morgan fingerprint density at radius 3 is 2.41 bits per heavy atom. The van der Waals surface area contributed by atoms with Crippen molar-refractivity contribution in [3.05, 3.63) is 0 Å². The number of amides is 1. The van der Waals surface area contributed by atoms with Gasteiger partial charge in [-0.05, 0) is 32.6 Å². The lowest BCUT2D eigenvalue weighted by Crippen LogP contribution is -2.44. The Morgan fingerprint density at radius 1 is 1.24 bits per heavy atom. The normalized spacial score (nSPS) is 30.6. The first-order chi connectivity index (χ1) is 8.08. The van der Waals surface area contributed by atoms with Crippen LogP contribution in [0.15, 0.2) is 0 Å². The van der Waals surface area contributed by atoms with Crippen LogP contribution in [0.25, 0.3) is 0 Å². The zero-order valence-electron chi connectivity index (χ0n) is 10.6. The highest BCUT2D eigenvalue weighted by molar-refractivity contribution is 5.82. The summed E-state index contributed by atoms with van der Waals surface area (Å²) in [5.74, 6) is 0.418. The zero-order chi connectivity index (χ0) is 12.4. The second kappa shape index (κ2) is 5.17. The van der Waals surface area contributed by atoms with Crippen molar-refractivity contribution < 1.29 is 14.3 Å². The quantitative estimate of drug-likeness (QED) is 0.734. The molecule has 2 unspecified atom stereocenters. The number of ether oxygens (including phenoxy) is 1. The Balaban J connectivity index is 1.88. The van der Waals surface area contributed by atoms with Crippen molar-refractivity contribution in [1.29, 1.82) is 0 Å². The largest absolute Gasteiger partial charge is 0.365 e. The molecule has 1 aliphatic heterocycles. The Hall–Kier alpha value is -0.900. The molecule has 2 rings (SSSR count). The third-order valence-electron chi connectivity index (χ3n) is 3.92. The summed E-state index contributed by atoms with van der Waals surface area (Å²) in [6.45, 7) is 2.01. The summed E-state index contributed by atoms with van der Waals surface area (Å²) in [5, 5.41) is 0. The number of Topliss-reactive ketones (excluding diaryl/α,β-unsaturated/α-hetero) is 1. The van der Waals surface area contributed by atoms with Crippen molar-refractivity contribution in [1.82, 2.24) is 4.90 Å². The molecule has 1 heterocycles. The fourth-order valence-electron chi connectivity index (χ4n) is 2.70. The van der Waals surface area contributed by atoms with E-state index in [9.17, 15) is 9.59 Å². The van der Waals surface area contributed by atoms with E-state index in [0.717, 1.165) is 25.7 Å². The van der Waals surface area contributed by atoms with Gasteiger partial charge in [0, 0.05) is 25.9 Å². The number of rotatable bonds is 2. The molecular weight excluding hydrogens is 218 g/mol. The first-order valence-electron chi connectivity index (χ1n) is 6.51. The van der Waals surface area contributed by atoms with Crippen LogP contribution in [-0.4, -0.2) is 41.9 Å². The highest BCUT2D eigenvalue weighted by atomic mass is 16.5. The molecule has 96 valence electrons. The average Bonchev–Trinajstić information content (AvgIpc) is 2.75. The molecule has 0 aromatic rings. The van der Waals surface area contributed by atoms with Gasteiger partial charge in [-0.1, -0.05) is 0 Å². The van der Waals surface area contributed by atoms with Gasteiger partial charge >= 0.3 is 0 Å². The molecule has 0 radical (unpaired) electrons. The van der Waals surface area contributed by atoms with Crippen LogP contribution in [0.1, 0.15) is 45.4 Å². The number of likely N-dealkylation sites (N-methyl/N-ethyl adjacent to an activating group) is 1. The second-order valence-corrected chi connectivity index (χ2v) is 5.23. The number of carbonyl (C=O) groups excluding carboxylic acids is 2. The maximum atomic E-state index is 12.2. The summed E-state index contributed by atoms with van der Waals surface area (Å²) in [7, 11) is 1.84. The predicted molar refractivity (Wildman–Crippen MR) is 63.6 cm³/mol. The molecule has 1 saturated carbocycles. The van der Waals surface area contributed by atoms with E-state index in [4.69, 9.17) is 4.74 Å². The Kier molecular flexibility index (Phi) is 3.82. The minimum Gasteiger partial charge on any atom is -0.365 e. The molecule has 4 heteroatoms. The van der Waals surface area contributed by atoms with Crippen LogP contribution in [0.5, 0.6) is 0 Å². The van der Waals surface area contributed by atoms with Gasteiger partial charge in [-0.15, -0.1) is 0 Å². The van der Waals surface area contributed by atoms with Gasteiger partial charge in [0.1, 0.15) is 11.9 Å². The number of carbonyl (C=O) groups is 2. The Bertz CT molecular complexity index is 306. The zero-order valence-corrected chi connectivity index (χ0v) is 10.6. The summed E-state index contributed by atoms with van der Waals surface area (Å²) >= 11 is 0. The Morgan fingerprint density at radius 2 is 1.88 bits per heavy atom. The monoisotopic (exact) mass is 239 g/mol. The highest BCUT2D eigenvalue weighted by Crippen LogP contribution is 2.24. The molecule has 1 saturated heterocycles. The molecule has 1 amide bonds. The van der Waals surface area contributed by atoms with Gasteiger partial charge in [-0.25, -0.2) is 0 Å². The number of ketones is 1. The van der Waals surface area contributed by atoms with Crippen molar-refractivity contribution >= 4 is 11.7 Å². The van der Waals surface area contributed by atoms with Crippen LogP contribution >= 0.6 is 0 Å². The van der Waals surface area contributed by atoms with E-state index in [2.05, 4.69) is 0 Å². The van der Waals surface area contributed by atoms with Gasteiger partial charge in [0.15, 0.2) is 0 Å². The summed E-state index contributed by atoms with van der Waals surface area (Å²) in [6, 6.07) is 0.222. The molecular formula is C13H21NO3. The molecule has 0 bridgehead atoms. The van der Waals surface area contributed by atoms with E-state index >= 15 is 0 Å². The maximum Gasteiger partial charge on any atom is 0.251 e. The van der Waals surface area contributed by atoms with E-state index in [0.29, 0.717) is 18.6 Å². The van der Waals surface area contributed by atoms with Gasteiger partial charge in [-0.2, -0.15) is 0 Å². The SMILES string of the molecule is CC1CCC(C(=O)N(C)C2CCC(=O)CC2)O1. The fourth-order valence-corrected chi connectivity index (χ4v) is 2.70. The molecule has 2 fully saturated rings. The number of hydrogen-bond donors (Lipinski definition) is 0. The summed E-state index contributed by atoms with van der Waals surface area (Å²) in [6.07, 6.45) is 4.59. The average molecular weight is 239 g/mol. The van der Waals surface area contributed by atoms with E-state index < -0.39 is 0 Å². The van der Waals surface area contributed by atoms with Crippen molar-refractivity contribution in [2.24, 2.45) is 0 Å². The van der Waals surface area contributed by atoms with Gasteiger partial charge in [-0.3, -0.25) is 9.59 Å². The van der Waals surface area contributed by atoms with E-state index in [1.165, 1.54) is 0 Å². The molecule has 1 aliphatic carbocycles. The van der Waals surface area contributed by atoms with Crippen molar-refractivity contribution in [3.63, 3.8) is 0 Å². The van der Waals surface area contributed by atoms with Crippen LogP contribution in [-0.2, 0) is 14.3 Å². The lowest BCUT2D eigenvalue weighted by molar-refractivity contribution is -0.144. The van der Waals surface area contributed by atoms with Crippen LogP contribution in [0.3, 0.4) is 0 Å². The summed E-state index contributed by atoms with van der Waals surface area (Å²) in [5.41, 5.74) is 0. The van der Waals surface area contributed by atoms with E-state index in [-0.39, 0.29) is 24.2 Å². The van der Waals surface area contributed by atoms with Crippen LogP contribution in [0.2, 0.25) is 0 Å². The first-order valence-corrected chi connectivity index (χ1v) is 6.51. The van der Waals surface area contributed by atoms with Gasteiger partial charge < -0.3 is 9.64 Å². The second-order valence-electron chi connectivity index (χ2n) is 5.23. The van der Waals surface area contributed by atoms with Gasteiger partial charge in [0.05, 0.1) is 6.10 Å². The third-order valence-corrected chi connectivity index (χ3v) is 3.92. The van der Waals surface area contributed by atoms with E-state index in [1.54, 1.807) is 4.90 Å². The van der Waals surface area contributed by atoms with Crippen LogP contribution in [0, 0.1) is 0 Å². The molecule has 2 aliphatic rings. The van der Waals surface area contributed by atoms with Gasteiger partial charge in [0.2, 0.25) is 0 Å². The standard InChI is InChI=1S/C13H21NO3/c1-9-3-8-12(17-9)13(16)14(2)10-4-6-11(15)7-5-10/h9-10,12H,3-8H2,1-2H3. The third kappa shape index (κ3) is 2.86. The smallest absolute Gasteiger partial charge is 0.251 e. The van der Waals surface area contributed by atoms with Crippen molar-refractivity contribution in [2.75, 3.05) is 7.05 Å². The van der Waals surface area contributed by atoms with Crippen LogP contribution < -0.4 is 0 Å². The maximum absolute atomic E-state index is 12.2. The highest BCUT2D eigenvalue weighted by Gasteiger charge is 2.33. The lowest BCUT2D eigenvalue weighted by atomic mass is 9.93. The fraction of sp³-hybridized carbons (Fsp3) is 0.846. The summed E-state index contributed by atoms with van der Waals surface area (Å²) in [4.78, 5) is 25.2. The molecule has 0 spiro atoms. The minimum absolute atomic E-state index is 0.0914. The predicted octanol–water partition coefficient (Wildman–Crippen LogP) is 1.52. The Labute approximate surface area is 102 Å². The van der Waals surface area contributed by atoms with Crippen molar-refractivity contribution in [2.45, 2.75) is 63.7 Å². The van der Waals surface area contributed by atoms with E-state index in [1.807, 2.05) is 14.0 Å². The minimum atomic E-state index is -0.257. The number of hydrogen-bond acceptors (Lipinski definition) is 3. The molecule has 17 heavy (non-hydrogen) atoms. The molecule has 2 atom stereocenters. The van der Waals surface area contributed by atoms with Crippen molar-refractivity contribution in [3.8, 4) is 0 Å². The van der Waals surface area contributed by atoms with Gasteiger partial charge in [0.25, 0.3) is 5.91 Å². The molecule has 4 nitrogen and oxygen atoms in total. The summed E-state index contributed by atoms with van der Waals surface area (Å²) < 4.78 is 5.60. The topological polar surface area (TPSA) is 46.6 Å².